The van der Waals surface area contributed by atoms with Crippen molar-refractivity contribution in [3.05, 3.63) is 17.8 Å². The number of nitrogens with one attached hydrogen (secondary N) is 1. The highest BCUT2D eigenvalue weighted by molar-refractivity contribution is 5.57. The summed E-state index contributed by atoms with van der Waals surface area (Å²) in [6.07, 6.45) is 7.70. The van der Waals surface area contributed by atoms with Crippen LogP contribution >= 0.6 is 0 Å². The van der Waals surface area contributed by atoms with Crippen molar-refractivity contribution in [2.24, 2.45) is 5.92 Å². The molecule has 0 bridgehead atoms. The molecule has 0 aliphatic heterocycles. The van der Waals surface area contributed by atoms with Crippen LogP contribution in [0.5, 0.6) is 0 Å². The van der Waals surface area contributed by atoms with Gasteiger partial charge in [-0.25, -0.2) is 4.98 Å². The zero-order valence-electron chi connectivity index (χ0n) is 10.8. The Kier molecular flexibility index (Phi) is 4.03. The van der Waals surface area contributed by atoms with Gasteiger partial charge in [0.2, 0.25) is 0 Å². The minimum Gasteiger partial charge on any atom is -0.397 e. The molecular weight excluding hydrogens is 224 g/mol. The van der Waals surface area contributed by atoms with E-state index in [-0.39, 0.29) is 0 Å². The molecule has 4 heteroatoms. The number of nitriles is 1. The Morgan fingerprint density at radius 3 is 3.00 bits per heavy atom. The molecule has 1 aliphatic rings. The van der Waals surface area contributed by atoms with Crippen molar-refractivity contribution in [1.29, 1.82) is 5.26 Å². The predicted octanol–water partition coefficient (Wildman–Crippen LogP) is 2.92. The molecule has 0 amide bonds. The van der Waals surface area contributed by atoms with Gasteiger partial charge in [0.25, 0.3) is 0 Å². The maximum atomic E-state index is 9.08. The highest BCUT2D eigenvalue weighted by atomic mass is 15.0. The van der Waals surface area contributed by atoms with E-state index in [4.69, 9.17) is 11.0 Å². The lowest BCUT2D eigenvalue weighted by Crippen LogP contribution is -2.20. The number of anilines is 2. The Morgan fingerprint density at radius 1 is 1.39 bits per heavy atom. The van der Waals surface area contributed by atoms with Gasteiger partial charge >= 0.3 is 0 Å². The first-order valence-corrected chi connectivity index (χ1v) is 6.61. The molecule has 1 fully saturated rings. The van der Waals surface area contributed by atoms with E-state index in [1.165, 1.54) is 19.3 Å². The van der Waals surface area contributed by atoms with Gasteiger partial charge in [-0.1, -0.05) is 19.8 Å². The second-order valence-corrected chi connectivity index (χ2v) is 5.23. The number of rotatable bonds is 2. The Labute approximate surface area is 108 Å². The van der Waals surface area contributed by atoms with E-state index in [0.29, 0.717) is 23.1 Å². The Hall–Kier alpha value is -1.76. The average molecular weight is 244 g/mol. The summed E-state index contributed by atoms with van der Waals surface area (Å²) in [6, 6.07) is 4.25. The molecule has 1 heterocycles. The molecule has 0 saturated heterocycles. The fourth-order valence-electron chi connectivity index (χ4n) is 2.51. The lowest BCUT2D eigenvalue weighted by molar-refractivity contribution is 0.502. The Morgan fingerprint density at radius 2 is 2.22 bits per heavy atom. The standard InChI is InChI=1S/C14H20N4/c1-10-3-2-4-13(6-5-10)18-14-11(8-15)7-12(16)9-17-14/h7,9-10,13H,2-6,16H2,1H3,(H,17,18). The van der Waals surface area contributed by atoms with Crippen molar-refractivity contribution in [3.8, 4) is 6.07 Å². The van der Waals surface area contributed by atoms with Gasteiger partial charge in [0.05, 0.1) is 17.4 Å². The number of nitrogens with zero attached hydrogens (tertiary/aromatic N) is 2. The molecule has 1 aliphatic carbocycles. The van der Waals surface area contributed by atoms with Crippen molar-refractivity contribution in [2.75, 3.05) is 11.1 Å². The maximum Gasteiger partial charge on any atom is 0.144 e. The molecule has 3 N–H and O–H groups in total. The summed E-state index contributed by atoms with van der Waals surface area (Å²) in [5.41, 5.74) is 6.71. The summed E-state index contributed by atoms with van der Waals surface area (Å²) < 4.78 is 0. The van der Waals surface area contributed by atoms with Gasteiger partial charge in [0, 0.05) is 6.04 Å². The number of pyridine rings is 1. The van der Waals surface area contributed by atoms with Gasteiger partial charge in [0.1, 0.15) is 11.9 Å². The lowest BCUT2D eigenvalue weighted by atomic mass is 10.0. The largest absolute Gasteiger partial charge is 0.397 e. The summed E-state index contributed by atoms with van der Waals surface area (Å²) in [5, 5.41) is 12.5. The summed E-state index contributed by atoms with van der Waals surface area (Å²) in [6.45, 7) is 2.31. The normalized spacial score (nSPS) is 24.0. The van der Waals surface area contributed by atoms with Crippen LogP contribution in [0.4, 0.5) is 11.5 Å². The van der Waals surface area contributed by atoms with E-state index in [2.05, 4.69) is 23.3 Å². The van der Waals surface area contributed by atoms with E-state index in [0.717, 1.165) is 18.8 Å². The third kappa shape index (κ3) is 3.13. The Balaban J connectivity index is 2.07. The molecule has 1 aromatic rings. The van der Waals surface area contributed by atoms with Crippen LogP contribution in [0.25, 0.3) is 0 Å². The summed E-state index contributed by atoms with van der Waals surface area (Å²) >= 11 is 0. The van der Waals surface area contributed by atoms with Crippen LogP contribution in [0.2, 0.25) is 0 Å². The van der Waals surface area contributed by atoms with Crippen LogP contribution in [0.15, 0.2) is 12.3 Å². The van der Waals surface area contributed by atoms with Crippen LogP contribution in [-0.2, 0) is 0 Å². The van der Waals surface area contributed by atoms with Gasteiger partial charge in [0.15, 0.2) is 0 Å². The second-order valence-electron chi connectivity index (χ2n) is 5.23. The number of nitrogen functional groups attached to an aromatic ring is 1. The SMILES string of the molecule is CC1CCCC(Nc2ncc(N)cc2C#N)CC1. The van der Waals surface area contributed by atoms with Crippen molar-refractivity contribution in [2.45, 2.75) is 45.1 Å². The van der Waals surface area contributed by atoms with E-state index < -0.39 is 0 Å². The van der Waals surface area contributed by atoms with Crippen LogP contribution in [0.1, 0.15) is 44.6 Å². The van der Waals surface area contributed by atoms with Crippen molar-refractivity contribution in [1.82, 2.24) is 4.98 Å². The maximum absolute atomic E-state index is 9.08. The quantitative estimate of drug-likeness (QED) is 0.784. The molecule has 2 atom stereocenters. The number of aromatic nitrogens is 1. The van der Waals surface area contributed by atoms with Crippen LogP contribution in [0, 0.1) is 17.2 Å². The van der Waals surface area contributed by atoms with Crippen LogP contribution in [-0.4, -0.2) is 11.0 Å². The molecule has 2 rings (SSSR count). The molecular formula is C14H20N4. The zero-order valence-corrected chi connectivity index (χ0v) is 10.8. The van der Waals surface area contributed by atoms with E-state index in [9.17, 15) is 0 Å². The highest BCUT2D eigenvalue weighted by Crippen LogP contribution is 2.25. The van der Waals surface area contributed by atoms with Crippen LogP contribution < -0.4 is 11.1 Å². The van der Waals surface area contributed by atoms with E-state index in [1.54, 1.807) is 12.3 Å². The molecule has 4 nitrogen and oxygen atoms in total. The second kappa shape index (κ2) is 5.72. The predicted molar refractivity (Wildman–Crippen MR) is 73.0 cm³/mol. The molecule has 0 aromatic carbocycles. The fourth-order valence-corrected chi connectivity index (χ4v) is 2.51. The molecule has 18 heavy (non-hydrogen) atoms. The molecule has 1 aromatic heterocycles. The summed E-state index contributed by atoms with van der Waals surface area (Å²) in [7, 11) is 0. The molecule has 2 unspecified atom stereocenters. The van der Waals surface area contributed by atoms with Crippen molar-refractivity contribution in [3.63, 3.8) is 0 Å². The number of hydrogen-bond acceptors (Lipinski definition) is 4. The van der Waals surface area contributed by atoms with Gasteiger partial charge < -0.3 is 11.1 Å². The van der Waals surface area contributed by atoms with E-state index in [1.807, 2.05) is 0 Å². The first-order chi connectivity index (χ1) is 8.69. The topological polar surface area (TPSA) is 74.7 Å². The molecule has 1 saturated carbocycles. The number of hydrogen-bond donors (Lipinski definition) is 2. The summed E-state index contributed by atoms with van der Waals surface area (Å²) in [5.74, 6) is 1.48. The summed E-state index contributed by atoms with van der Waals surface area (Å²) in [4.78, 5) is 4.23. The first-order valence-electron chi connectivity index (χ1n) is 6.61. The highest BCUT2D eigenvalue weighted by Gasteiger charge is 2.17. The number of nitrogens with two attached hydrogens (primary N) is 1. The minimum atomic E-state index is 0.429. The third-order valence-electron chi connectivity index (χ3n) is 3.63. The van der Waals surface area contributed by atoms with Gasteiger partial charge in [-0.05, 0) is 31.2 Å². The monoisotopic (exact) mass is 244 g/mol. The van der Waals surface area contributed by atoms with Gasteiger partial charge in [-0.3, -0.25) is 0 Å². The fraction of sp³-hybridized carbons (Fsp3) is 0.571. The minimum absolute atomic E-state index is 0.429. The Bertz CT molecular complexity index is 450. The first kappa shape index (κ1) is 12.7. The molecule has 0 radical (unpaired) electrons. The lowest BCUT2D eigenvalue weighted by Gasteiger charge is -2.17. The van der Waals surface area contributed by atoms with E-state index >= 15 is 0 Å². The van der Waals surface area contributed by atoms with Crippen molar-refractivity contribution < 1.29 is 0 Å². The van der Waals surface area contributed by atoms with Gasteiger partial charge in [-0.15, -0.1) is 0 Å². The zero-order chi connectivity index (χ0) is 13.0. The third-order valence-corrected chi connectivity index (χ3v) is 3.63. The van der Waals surface area contributed by atoms with Gasteiger partial charge in [-0.2, -0.15) is 5.26 Å². The van der Waals surface area contributed by atoms with Crippen molar-refractivity contribution >= 4 is 11.5 Å². The average Bonchev–Trinajstić information content (AvgIpc) is 2.56. The van der Waals surface area contributed by atoms with Crippen LogP contribution in [0.3, 0.4) is 0 Å². The smallest absolute Gasteiger partial charge is 0.144 e. The molecule has 0 spiro atoms. The molecule has 96 valence electrons.